The van der Waals surface area contributed by atoms with Crippen LogP contribution >= 0.6 is 23.2 Å². The summed E-state index contributed by atoms with van der Waals surface area (Å²) in [5.41, 5.74) is 1.13. The third-order valence-electron chi connectivity index (χ3n) is 2.81. The van der Waals surface area contributed by atoms with Gasteiger partial charge in [0.1, 0.15) is 5.82 Å². The highest BCUT2D eigenvalue weighted by Gasteiger charge is 2.07. The molecule has 96 valence electrons. The van der Waals surface area contributed by atoms with Crippen molar-refractivity contribution in [3.05, 3.63) is 52.0 Å². The van der Waals surface area contributed by atoms with Gasteiger partial charge >= 0.3 is 0 Å². The van der Waals surface area contributed by atoms with Gasteiger partial charge in [0.25, 0.3) is 0 Å². The second kappa shape index (κ2) is 6.23. The lowest BCUT2D eigenvalue weighted by molar-refractivity contribution is 0.571. The lowest BCUT2D eigenvalue weighted by Gasteiger charge is -2.14. The number of nitrogens with one attached hydrogen (secondary N) is 2. The Morgan fingerprint density at radius 2 is 2.17 bits per heavy atom. The van der Waals surface area contributed by atoms with Gasteiger partial charge in [-0.2, -0.15) is 0 Å². The Morgan fingerprint density at radius 3 is 2.83 bits per heavy atom. The molecule has 0 radical (unpaired) electrons. The van der Waals surface area contributed by atoms with Crippen molar-refractivity contribution in [2.45, 2.75) is 19.4 Å². The molecular weight excluding hydrogens is 269 g/mol. The molecule has 18 heavy (non-hydrogen) atoms. The molecule has 0 aliphatic rings. The normalized spacial score (nSPS) is 12.6. The number of halogens is 2. The van der Waals surface area contributed by atoms with Crippen LogP contribution in [0.3, 0.4) is 0 Å². The molecule has 5 heteroatoms. The fourth-order valence-electron chi connectivity index (χ4n) is 1.74. The van der Waals surface area contributed by atoms with Crippen molar-refractivity contribution in [2.24, 2.45) is 0 Å². The van der Waals surface area contributed by atoms with E-state index in [1.165, 1.54) is 0 Å². The Morgan fingerprint density at radius 1 is 1.33 bits per heavy atom. The standard InChI is InChI=1S/C13H15Cl2N3/c1-9(10-2-3-11(14)12(15)8-10)16-5-4-13-17-6-7-18-13/h2-3,6-9,16H,4-5H2,1H3,(H,17,18). The zero-order valence-electron chi connectivity index (χ0n) is 10.1. The highest BCUT2D eigenvalue weighted by Crippen LogP contribution is 2.25. The van der Waals surface area contributed by atoms with E-state index in [1.54, 1.807) is 6.20 Å². The maximum Gasteiger partial charge on any atom is 0.107 e. The van der Waals surface area contributed by atoms with Crippen LogP contribution in [0.1, 0.15) is 24.4 Å². The van der Waals surface area contributed by atoms with Gasteiger partial charge in [-0.25, -0.2) is 4.98 Å². The summed E-state index contributed by atoms with van der Waals surface area (Å²) in [6, 6.07) is 5.94. The van der Waals surface area contributed by atoms with Crippen LogP contribution in [-0.2, 0) is 6.42 Å². The van der Waals surface area contributed by atoms with Crippen molar-refractivity contribution >= 4 is 23.2 Å². The van der Waals surface area contributed by atoms with Crippen LogP contribution in [0.4, 0.5) is 0 Å². The maximum absolute atomic E-state index is 6.00. The summed E-state index contributed by atoms with van der Waals surface area (Å²) in [6.45, 7) is 2.95. The number of aromatic amines is 1. The molecule has 2 rings (SSSR count). The number of hydrogen-bond acceptors (Lipinski definition) is 2. The Hall–Kier alpha value is -1.03. The van der Waals surface area contributed by atoms with Crippen molar-refractivity contribution in [1.29, 1.82) is 0 Å². The summed E-state index contributed by atoms with van der Waals surface area (Å²) < 4.78 is 0. The minimum atomic E-state index is 0.231. The highest BCUT2D eigenvalue weighted by atomic mass is 35.5. The van der Waals surface area contributed by atoms with Crippen LogP contribution in [0.2, 0.25) is 10.0 Å². The first-order valence-corrected chi connectivity index (χ1v) is 6.59. The first-order valence-electron chi connectivity index (χ1n) is 5.83. The quantitative estimate of drug-likeness (QED) is 0.880. The number of hydrogen-bond donors (Lipinski definition) is 2. The predicted molar refractivity (Wildman–Crippen MR) is 75.2 cm³/mol. The molecule has 0 fully saturated rings. The van der Waals surface area contributed by atoms with E-state index in [0.717, 1.165) is 24.4 Å². The van der Waals surface area contributed by atoms with Crippen LogP contribution in [-0.4, -0.2) is 16.5 Å². The molecule has 1 unspecified atom stereocenters. The van der Waals surface area contributed by atoms with E-state index in [2.05, 4.69) is 22.2 Å². The number of aromatic nitrogens is 2. The summed E-state index contributed by atoms with van der Waals surface area (Å²) in [5.74, 6) is 0.990. The number of nitrogens with zero attached hydrogens (tertiary/aromatic N) is 1. The van der Waals surface area contributed by atoms with E-state index in [-0.39, 0.29) is 6.04 Å². The molecule has 1 atom stereocenters. The fraction of sp³-hybridized carbons (Fsp3) is 0.308. The summed E-state index contributed by atoms with van der Waals surface area (Å²) in [4.78, 5) is 7.25. The average Bonchev–Trinajstić information content (AvgIpc) is 2.85. The molecule has 2 aromatic rings. The van der Waals surface area contributed by atoms with Gasteiger partial charge in [-0.15, -0.1) is 0 Å². The number of imidazole rings is 1. The number of H-pyrrole nitrogens is 1. The smallest absolute Gasteiger partial charge is 0.107 e. The maximum atomic E-state index is 6.00. The van der Waals surface area contributed by atoms with E-state index < -0.39 is 0 Å². The summed E-state index contributed by atoms with van der Waals surface area (Å²) in [6.07, 6.45) is 4.47. The van der Waals surface area contributed by atoms with Gasteiger partial charge in [0.2, 0.25) is 0 Å². The van der Waals surface area contributed by atoms with Crippen molar-refractivity contribution in [1.82, 2.24) is 15.3 Å². The summed E-state index contributed by atoms with van der Waals surface area (Å²) >= 11 is 11.9. The van der Waals surface area contributed by atoms with Gasteiger partial charge < -0.3 is 10.3 Å². The molecule has 3 nitrogen and oxygen atoms in total. The minimum Gasteiger partial charge on any atom is -0.349 e. The first-order chi connectivity index (χ1) is 8.66. The minimum absolute atomic E-state index is 0.231. The Labute approximate surface area is 117 Å². The van der Waals surface area contributed by atoms with E-state index >= 15 is 0 Å². The second-order valence-electron chi connectivity index (χ2n) is 4.14. The first kappa shape index (κ1) is 13.4. The van der Waals surface area contributed by atoms with Crippen LogP contribution in [0.25, 0.3) is 0 Å². The highest BCUT2D eigenvalue weighted by molar-refractivity contribution is 6.42. The van der Waals surface area contributed by atoms with Gasteiger partial charge in [0, 0.05) is 31.4 Å². The zero-order chi connectivity index (χ0) is 13.0. The largest absolute Gasteiger partial charge is 0.349 e. The van der Waals surface area contributed by atoms with Crippen molar-refractivity contribution in [2.75, 3.05) is 6.54 Å². The van der Waals surface area contributed by atoms with Gasteiger partial charge in [-0.05, 0) is 24.6 Å². The lowest BCUT2D eigenvalue weighted by atomic mass is 10.1. The van der Waals surface area contributed by atoms with Crippen LogP contribution in [0.15, 0.2) is 30.6 Å². The number of rotatable bonds is 5. The molecule has 0 saturated heterocycles. The van der Waals surface area contributed by atoms with Crippen molar-refractivity contribution < 1.29 is 0 Å². The average molecular weight is 284 g/mol. The lowest BCUT2D eigenvalue weighted by Crippen LogP contribution is -2.21. The van der Waals surface area contributed by atoms with Crippen LogP contribution < -0.4 is 5.32 Å². The molecule has 1 aromatic heterocycles. The molecule has 0 spiro atoms. The van der Waals surface area contributed by atoms with Crippen LogP contribution in [0.5, 0.6) is 0 Å². The Kier molecular flexibility index (Phi) is 4.64. The van der Waals surface area contributed by atoms with Gasteiger partial charge in [0.05, 0.1) is 10.0 Å². The topological polar surface area (TPSA) is 40.7 Å². The molecule has 0 aliphatic carbocycles. The summed E-state index contributed by atoms with van der Waals surface area (Å²) in [7, 11) is 0. The Balaban J connectivity index is 1.87. The van der Waals surface area contributed by atoms with Gasteiger partial charge in [-0.3, -0.25) is 0 Å². The number of benzene rings is 1. The van der Waals surface area contributed by atoms with E-state index in [0.29, 0.717) is 10.0 Å². The zero-order valence-corrected chi connectivity index (χ0v) is 11.6. The van der Waals surface area contributed by atoms with E-state index in [1.807, 2.05) is 24.4 Å². The predicted octanol–water partition coefficient (Wildman–Crippen LogP) is 3.61. The van der Waals surface area contributed by atoms with Crippen molar-refractivity contribution in [3.63, 3.8) is 0 Å². The van der Waals surface area contributed by atoms with Crippen LogP contribution in [0, 0.1) is 0 Å². The fourth-order valence-corrected chi connectivity index (χ4v) is 2.05. The van der Waals surface area contributed by atoms with Gasteiger partial charge in [-0.1, -0.05) is 29.3 Å². The van der Waals surface area contributed by atoms with Gasteiger partial charge in [0.15, 0.2) is 0 Å². The molecule has 2 N–H and O–H groups in total. The van der Waals surface area contributed by atoms with E-state index in [9.17, 15) is 0 Å². The molecule has 0 amide bonds. The molecule has 0 aliphatic heterocycles. The summed E-state index contributed by atoms with van der Waals surface area (Å²) in [5, 5.41) is 4.60. The Bertz CT molecular complexity index is 497. The molecule has 0 bridgehead atoms. The molecule has 0 saturated carbocycles. The molecule has 1 heterocycles. The SMILES string of the molecule is CC(NCCc1ncc[nH]1)c1ccc(Cl)c(Cl)c1. The molecule has 1 aromatic carbocycles. The van der Waals surface area contributed by atoms with Crippen molar-refractivity contribution in [3.8, 4) is 0 Å². The molecular formula is C13H15Cl2N3. The third kappa shape index (κ3) is 3.48. The second-order valence-corrected chi connectivity index (χ2v) is 4.95. The monoisotopic (exact) mass is 283 g/mol. The third-order valence-corrected chi connectivity index (χ3v) is 3.55. The van der Waals surface area contributed by atoms with E-state index in [4.69, 9.17) is 23.2 Å².